The van der Waals surface area contributed by atoms with Crippen molar-refractivity contribution in [3.63, 3.8) is 0 Å². The highest BCUT2D eigenvalue weighted by atomic mass is 14.8. The second kappa shape index (κ2) is 8.48. The van der Waals surface area contributed by atoms with Gasteiger partial charge in [-0.3, -0.25) is 0 Å². The highest BCUT2D eigenvalue weighted by Gasteiger charge is 2.09. The number of hydrogen-bond acceptors (Lipinski definition) is 3. The lowest BCUT2D eigenvalue weighted by Gasteiger charge is -2.17. The molecule has 0 bridgehead atoms. The Kier molecular flexibility index (Phi) is 8.40. The predicted octanol–water partition coefficient (Wildman–Crippen LogP) is 0.960. The van der Waals surface area contributed by atoms with Gasteiger partial charge in [0.1, 0.15) is 0 Å². The molecule has 0 aliphatic heterocycles. The van der Waals surface area contributed by atoms with E-state index in [-0.39, 0.29) is 12.1 Å². The summed E-state index contributed by atoms with van der Waals surface area (Å²) in [6.45, 7) is 2.89. The van der Waals surface area contributed by atoms with Crippen LogP contribution < -0.4 is 17.2 Å². The first-order valence-corrected chi connectivity index (χ1v) is 5.43. The molecule has 0 rings (SSSR count). The van der Waals surface area contributed by atoms with E-state index in [1.54, 1.807) is 0 Å². The molecule has 0 aromatic carbocycles. The molecule has 0 aliphatic carbocycles. The van der Waals surface area contributed by atoms with Gasteiger partial charge in [-0.1, -0.05) is 26.2 Å². The van der Waals surface area contributed by atoms with E-state index in [0.29, 0.717) is 0 Å². The first kappa shape index (κ1) is 12.9. The fourth-order valence-corrected chi connectivity index (χ4v) is 1.39. The highest BCUT2D eigenvalue weighted by Crippen LogP contribution is 2.06. The van der Waals surface area contributed by atoms with E-state index in [4.69, 9.17) is 17.2 Å². The van der Waals surface area contributed by atoms with Crippen LogP contribution in [-0.2, 0) is 0 Å². The first-order valence-electron chi connectivity index (χ1n) is 5.43. The Labute approximate surface area is 82.0 Å². The lowest BCUT2D eigenvalue weighted by atomic mass is 10.0. The molecular weight excluding hydrogens is 162 g/mol. The maximum atomic E-state index is 5.89. The normalized spacial score (nSPS) is 15.7. The number of hydrogen-bond donors (Lipinski definition) is 3. The standard InChI is InChI=1S/C10H25N3/c1-2-9(12)10(13)7-5-3-4-6-8-11/h9-10H,2-8,11-13H2,1H3. The van der Waals surface area contributed by atoms with Crippen molar-refractivity contribution in [1.29, 1.82) is 0 Å². The van der Waals surface area contributed by atoms with E-state index >= 15 is 0 Å². The Hall–Kier alpha value is -0.120. The van der Waals surface area contributed by atoms with Crippen LogP contribution in [0.5, 0.6) is 0 Å². The Morgan fingerprint density at radius 2 is 1.54 bits per heavy atom. The van der Waals surface area contributed by atoms with Gasteiger partial charge in [0.2, 0.25) is 0 Å². The topological polar surface area (TPSA) is 78.1 Å². The minimum atomic E-state index is 0.175. The van der Waals surface area contributed by atoms with Crippen LogP contribution in [0.3, 0.4) is 0 Å². The van der Waals surface area contributed by atoms with Crippen LogP contribution in [0.4, 0.5) is 0 Å². The maximum Gasteiger partial charge on any atom is 0.0192 e. The van der Waals surface area contributed by atoms with E-state index in [0.717, 1.165) is 25.8 Å². The van der Waals surface area contributed by atoms with Crippen molar-refractivity contribution < 1.29 is 0 Å². The maximum absolute atomic E-state index is 5.89. The fraction of sp³-hybridized carbons (Fsp3) is 1.00. The molecule has 2 atom stereocenters. The molecule has 0 saturated carbocycles. The predicted molar refractivity (Wildman–Crippen MR) is 58.4 cm³/mol. The summed E-state index contributed by atoms with van der Waals surface area (Å²) in [5.41, 5.74) is 17.1. The molecule has 0 radical (unpaired) electrons. The summed E-state index contributed by atoms with van der Waals surface area (Å²) < 4.78 is 0. The summed E-state index contributed by atoms with van der Waals surface area (Å²) in [6, 6.07) is 0.359. The van der Waals surface area contributed by atoms with Crippen molar-refractivity contribution in [2.24, 2.45) is 17.2 Å². The molecule has 13 heavy (non-hydrogen) atoms. The molecule has 0 amide bonds. The molecular formula is C10H25N3. The van der Waals surface area contributed by atoms with Gasteiger partial charge in [0.15, 0.2) is 0 Å². The van der Waals surface area contributed by atoms with E-state index in [9.17, 15) is 0 Å². The zero-order valence-electron chi connectivity index (χ0n) is 8.84. The summed E-state index contributed by atoms with van der Waals surface area (Å²) >= 11 is 0. The summed E-state index contributed by atoms with van der Waals surface area (Å²) in [7, 11) is 0. The lowest BCUT2D eigenvalue weighted by Crippen LogP contribution is -2.40. The van der Waals surface area contributed by atoms with Crippen LogP contribution in [0.15, 0.2) is 0 Å². The van der Waals surface area contributed by atoms with Crippen LogP contribution in [0.25, 0.3) is 0 Å². The van der Waals surface area contributed by atoms with Crippen molar-refractivity contribution in [1.82, 2.24) is 0 Å². The zero-order chi connectivity index (χ0) is 10.1. The fourth-order valence-electron chi connectivity index (χ4n) is 1.39. The van der Waals surface area contributed by atoms with E-state index in [1.165, 1.54) is 19.3 Å². The minimum Gasteiger partial charge on any atom is -0.330 e. The SMILES string of the molecule is CCC(N)C(N)CCCCCCN. The zero-order valence-corrected chi connectivity index (χ0v) is 8.84. The molecule has 3 nitrogen and oxygen atoms in total. The van der Waals surface area contributed by atoms with Crippen LogP contribution in [0, 0.1) is 0 Å². The second-order valence-corrected chi connectivity index (χ2v) is 3.73. The Morgan fingerprint density at radius 3 is 2.08 bits per heavy atom. The van der Waals surface area contributed by atoms with Crippen LogP contribution in [-0.4, -0.2) is 18.6 Å². The molecule has 6 N–H and O–H groups in total. The van der Waals surface area contributed by atoms with Crippen LogP contribution in [0.2, 0.25) is 0 Å². The second-order valence-electron chi connectivity index (χ2n) is 3.73. The molecule has 0 aromatic rings. The van der Waals surface area contributed by atoms with Crippen molar-refractivity contribution in [2.45, 2.75) is 57.5 Å². The van der Waals surface area contributed by atoms with Crippen molar-refractivity contribution in [3.05, 3.63) is 0 Å². The average Bonchev–Trinajstić information content (AvgIpc) is 2.16. The van der Waals surface area contributed by atoms with Gasteiger partial charge < -0.3 is 17.2 Å². The summed E-state index contributed by atoms with van der Waals surface area (Å²) in [5.74, 6) is 0. The summed E-state index contributed by atoms with van der Waals surface area (Å²) in [5, 5.41) is 0. The van der Waals surface area contributed by atoms with Gasteiger partial charge in [0, 0.05) is 12.1 Å². The first-order chi connectivity index (χ1) is 6.22. The third-order valence-corrected chi connectivity index (χ3v) is 2.51. The van der Waals surface area contributed by atoms with E-state index in [1.807, 2.05) is 0 Å². The van der Waals surface area contributed by atoms with Gasteiger partial charge in [0.25, 0.3) is 0 Å². The highest BCUT2D eigenvalue weighted by molar-refractivity contribution is 4.73. The van der Waals surface area contributed by atoms with E-state index in [2.05, 4.69) is 6.92 Å². The molecule has 0 aliphatic rings. The molecule has 80 valence electrons. The summed E-state index contributed by atoms with van der Waals surface area (Å²) in [6.07, 6.45) is 6.82. The monoisotopic (exact) mass is 187 g/mol. The molecule has 0 fully saturated rings. The molecule has 3 heteroatoms. The molecule has 0 heterocycles. The third kappa shape index (κ3) is 6.99. The van der Waals surface area contributed by atoms with Crippen LogP contribution >= 0.6 is 0 Å². The number of rotatable bonds is 8. The van der Waals surface area contributed by atoms with E-state index < -0.39 is 0 Å². The Bertz CT molecular complexity index is 106. The van der Waals surface area contributed by atoms with Gasteiger partial charge in [-0.2, -0.15) is 0 Å². The Balaban J connectivity index is 3.21. The van der Waals surface area contributed by atoms with Crippen molar-refractivity contribution >= 4 is 0 Å². The number of unbranched alkanes of at least 4 members (excludes halogenated alkanes) is 3. The molecule has 0 spiro atoms. The lowest BCUT2D eigenvalue weighted by molar-refractivity contribution is 0.459. The molecule has 2 unspecified atom stereocenters. The third-order valence-electron chi connectivity index (χ3n) is 2.51. The molecule has 0 aromatic heterocycles. The smallest absolute Gasteiger partial charge is 0.0192 e. The van der Waals surface area contributed by atoms with Gasteiger partial charge in [0.05, 0.1) is 0 Å². The number of nitrogens with two attached hydrogens (primary N) is 3. The van der Waals surface area contributed by atoms with Crippen molar-refractivity contribution in [3.8, 4) is 0 Å². The average molecular weight is 187 g/mol. The summed E-state index contributed by atoms with van der Waals surface area (Å²) in [4.78, 5) is 0. The van der Waals surface area contributed by atoms with Gasteiger partial charge >= 0.3 is 0 Å². The van der Waals surface area contributed by atoms with Gasteiger partial charge in [-0.15, -0.1) is 0 Å². The Morgan fingerprint density at radius 1 is 0.923 bits per heavy atom. The van der Waals surface area contributed by atoms with Gasteiger partial charge in [-0.25, -0.2) is 0 Å². The quantitative estimate of drug-likeness (QED) is 0.495. The van der Waals surface area contributed by atoms with Crippen molar-refractivity contribution in [2.75, 3.05) is 6.54 Å². The minimum absolute atomic E-state index is 0.175. The largest absolute Gasteiger partial charge is 0.330 e. The van der Waals surface area contributed by atoms with Gasteiger partial charge in [-0.05, 0) is 25.8 Å². The van der Waals surface area contributed by atoms with Crippen LogP contribution in [0.1, 0.15) is 45.4 Å². The molecule has 0 saturated heterocycles.